The van der Waals surface area contributed by atoms with Gasteiger partial charge in [-0.15, -0.1) is 0 Å². The Balaban J connectivity index is 2.77. The van der Waals surface area contributed by atoms with Gasteiger partial charge in [-0.3, -0.25) is 0 Å². The van der Waals surface area contributed by atoms with E-state index in [0.717, 1.165) is 57.8 Å². The smallest absolute Gasteiger partial charge is 0.228 e. The van der Waals surface area contributed by atoms with Crippen LogP contribution in [0.2, 0.25) is 0 Å². The summed E-state index contributed by atoms with van der Waals surface area (Å²) in [6.07, 6.45) is 9.38. The van der Waals surface area contributed by atoms with Crippen LogP contribution < -0.4 is 0 Å². The summed E-state index contributed by atoms with van der Waals surface area (Å²) in [6, 6.07) is 0. The summed E-state index contributed by atoms with van der Waals surface area (Å²) < 4.78 is 0. The molecular formula is C22H44O4. The summed E-state index contributed by atoms with van der Waals surface area (Å²) >= 11 is 0. The predicted octanol–water partition coefficient (Wildman–Crippen LogP) is 6.97. The van der Waals surface area contributed by atoms with Crippen LogP contribution in [0, 0.1) is 11.8 Å². The average Bonchev–Trinajstić information content (AvgIpc) is 2.57. The molecule has 26 heavy (non-hydrogen) atoms. The van der Waals surface area contributed by atoms with Crippen molar-refractivity contribution in [3.8, 4) is 0 Å². The minimum atomic E-state index is -0.820. The number of unbranched alkanes of at least 4 members (excludes halogenated alkanes) is 2. The molecule has 0 aromatic heterocycles. The molecule has 1 aliphatic carbocycles. The minimum Gasteiger partial charge on any atom is -0.228 e. The fourth-order valence-corrected chi connectivity index (χ4v) is 3.51. The summed E-state index contributed by atoms with van der Waals surface area (Å²) in [4.78, 5) is 23.9. The van der Waals surface area contributed by atoms with E-state index >= 15 is 0 Å². The highest BCUT2D eigenvalue weighted by atomic mass is 17.3. The van der Waals surface area contributed by atoms with Crippen LogP contribution in [0.3, 0.4) is 0 Å². The fraction of sp³-hybridized carbons (Fsp3) is 1.00. The summed E-state index contributed by atoms with van der Waals surface area (Å²) in [6.45, 7) is 17.2. The second-order valence-electron chi connectivity index (χ2n) is 9.65. The van der Waals surface area contributed by atoms with Gasteiger partial charge in [0.25, 0.3) is 0 Å². The predicted molar refractivity (Wildman–Crippen MR) is 106 cm³/mol. The van der Waals surface area contributed by atoms with Crippen LogP contribution in [0.1, 0.15) is 113 Å². The Hall–Kier alpha value is -0.160. The SMILES string of the molecule is CCCCC(C)(C)OOC1(OOC(C)(C)CCCC)CCC(C)CC1C. The van der Waals surface area contributed by atoms with E-state index in [4.69, 9.17) is 19.6 Å². The van der Waals surface area contributed by atoms with Crippen molar-refractivity contribution in [3.63, 3.8) is 0 Å². The molecule has 1 rings (SSSR count). The number of hydrogen-bond acceptors (Lipinski definition) is 4. The first-order valence-electron chi connectivity index (χ1n) is 10.8. The van der Waals surface area contributed by atoms with E-state index < -0.39 is 5.79 Å². The van der Waals surface area contributed by atoms with Crippen LogP contribution in [0.5, 0.6) is 0 Å². The van der Waals surface area contributed by atoms with Gasteiger partial charge in [0.1, 0.15) is 0 Å². The monoisotopic (exact) mass is 372 g/mol. The Morgan fingerprint density at radius 3 is 1.69 bits per heavy atom. The normalized spacial score (nSPS) is 24.0. The molecule has 0 bridgehead atoms. The Bertz CT molecular complexity index is 368. The van der Waals surface area contributed by atoms with Crippen molar-refractivity contribution in [1.82, 2.24) is 0 Å². The van der Waals surface area contributed by atoms with Crippen LogP contribution in [-0.2, 0) is 19.6 Å². The summed E-state index contributed by atoms with van der Waals surface area (Å²) in [5, 5.41) is 0. The molecule has 0 heterocycles. The van der Waals surface area contributed by atoms with Gasteiger partial charge in [0.2, 0.25) is 5.79 Å². The van der Waals surface area contributed by atoms with Crippen molar-refractivity contribution in [1.29, 1.82) is 0 Å². The lowest BCUT2D eigenvalue weighted by Gasteiger charge is -2.44. The van der Waals surface area contributed by atoms with Gasteiger partial charge in [0.05, 0.1) is 11.2 Å². The molecule has 0 aromatic carbocycles. The third-order valence-corrected chi connectivity index (χ3v) is 5.57. The molecule has 1 fully saturated rings. The summed E-state index contributed by atoms with van der Waals surface area (Å²) in [7, 11) is 0. The molecule has 0 aromatic rings. The second-order valence-corrected chi connectivity index (χ2v) is 9.65. The highest BCUT2D eigenvalue weighted by Crippen LogP contribution is 2.42. The molecule has 0 radical (unpaired) electrons. The zero-order chi connectivity index (χ0) is 19.8. The van der Waals surface area contributed by atoms with E-state index in [2.05, 4.69) is 55.4 Å². The third-order valence-electron chi connectivity index (χ3n) is 5.57. The molecule has 0 saturated heterocycles. The molecule has 4 heteroatoms. The third kappa shape index (κ3) is 7.84. The standard InChI is InChI=1S/C22H44O4/c1-9-11-14-20(5,6)23-25-22(16-13-18(3)17-19(22)4)26-24-21(7,8)15-12-10-2/h18-19H,9-17H2,1-8H3. The molecule has 0 aliphatic heterocycles. The molecular weight excluding hydrogens is 328 g/mol. The van der Waals surface area contributed by atoms with Crippen molar-refractivity contribution in [2.24, 2.45) is 11.8 Å². The average molecular weight is 373 g/mol. The van der Waals surface area contributed by atoms with Gasteiger partial charge < -0.3 is 0 Å². The van der Waals surface area contributed by atoms with Crippen LogP contribution >= 0.6 is 0 Å². The lowest BCUT2D eigenvalue weighted by molar-refractivity contribution is -0.558. The molecule has 4 nitrogen and oxygen atoms in total. The van der Waals surface area contributed by atoms with E-state index in [1.807, 2.05) is 0 Å². The van der Waals surface area contributed by atoms with Crippen LogP contribution in [0.4, 0.5) is 0 Å². The first-order chi connectivity index (χ1) is 12.1. The zero-order valence-electron chi connectivity index (χ0n) is 18.7. The van der Waals surface area contributed by atoms with Crippen LogP contribution in [-0.4, -0.2) is 17.0 Å². The Labute approximate surface area is 162 Å². The maximum absolute atomic E-state index is 6.05. The lowest BCUT2D eigenvalue weighted by atomic mass is 9.79. The Morgan fingerprint density at radius 2 is 1.31 bits per heavy atom. The molecule has 156 valence electrons. The van der Waals surface area contributed by atoms with E-state index in [0.29, 0.717) is 5.92 Å². The zero-order valence-corrected chi connectivity index (χ0v) is 18.7. The molecule has 2 atom stereocenters. The van der Waals surface area contributed by atoms with Crippen molar-refractivity contribution in [3.05, 3.63) is 0 Å². The molecule has 0 N–H and O–H groups in total. The Kier molecular flexibility index (Phi) is 9.55. The van der Waals surface area contributed by atoms with E-state index in [9.17, 15) is 0 Å². The first-order valence-corrected chi connectivity index (χ1v) is 10.8. The fourth-order valence-electron chi connectivity index (χ4n) is 3.51. The van der Waals surface area contributed by atoms with Gasteiger partial charge in [0, 0.05) is 12.3 Å². The van der Waals surface area contributed by atoms with E-state index in [1.54, 1.807) is 0 Å². The first kappa shape index (κ1) is 23.9. The van der Waals surface area contributed by atoms with Crippen LogP contribution in [0.25, 0.3) is 0 Å². The van der Waals surface area contributed by atoms with Gasteiger partial charge in [-0.05, 0) is 59.3 Å². The van der Waals surface area contributed by atoms with Crippen molar-refractivity contribution in [2.75, 3.05) is 0 Å². The number of rotatable bonds is 12. The molecule has 1 aliphatic rings. The van der Waals surface area contributed by atoms with Crippen molar-refractivity contribution >= 4 is 0 Å². The molecule has 2 unspecified atom stereocenters. The molecule has 1 saturated carbocycles. The van der Waals surface area contributed by atoms with Crippen molar-refractivity contribution in [2.45, 2.75) is 130 Å². The van der Waals surface area contributed by atoms with Gasteiger partial charge in [-0.2, -0.15) is 9.78 Å². The molecule has 0 amide bonds. The van der Waals surface area contributed by atoms with E-state index in [-0.39, 0.29) is 17.1 Å². The summed E-state index contributed by atoms with van der Waals surface area (Å²) in [5.74, 6) is 0.0705. The minimum absolute atomic E-state index is 0.218. The van der Waals surface area contributed by atoms with Crippen molar-refractivity contribution < 1.29 is 19.6 Å². The highest BCUT2D eigenvalue weighted by Gasteiger charge is 2.47. The second kappa shape index (κ2) is 10.4. The highest BCUT2D eigenvalue weighted by molar-refractivity contribution is 4.83. The molecule has 0 spiro atoms. The van der Waals surface area contributed by atoms with E-state index in [1.165, 1.54) is 0 Å². The van der Waals surface area contributed by atoms with Gasteiger partial charge in [-0.1, -0.05) is 53.4 Å². The summed E-state index contributed by atoms with van der Waals surface area (Å²) in [5.41, 5.74) is -0.653. The van der Waals surface area contributed by atoms with Crippen LogP contribution in [0.15, 0.2) is 0 Å². The van der Waals surface area contributed by atoms with Gasteiger partial charge in [-0.25, -0.2) is 9.78 Å². The van der Waals surface area contributed by atoms with Gasteiger partial charge in [0.15, 0.2) is 0 Å². The largest absolute Gasteiger partial charge is 0.236 e. The maximum atomic E-state index is 6.05. The quantitative estimate of drug-likeness (QED) is 0.210. The topological polar surface area (TPSA) is 36.9 Å². The van der Waals surface area contributed by atoms with Gasteiger partial charge >= 0.3 is 0 Å². The Morgan fingerprint density at radius 1 is 0.846 bits per heavy atom. The maximum Gasteiger partial charge on any atom is 0.236 e. The lowest BCUT2D eigenvalue weighted by Crippen LogP contribution is -2.49. The number of hydrogen-bond donors (Lipinski definition) is 0.